The fourth-order valence-corrected chi connectivity index (χ4v) is 3.08. The van der Waals surface area contributed by atoms with Crippen LogP contribution >= 0.6 is 0 Å². The number of ether oxygens (including phenoxy) is 2. The smallest absolute Gasteiger partial charge is 0.265 e. The molecule has 1 heterocycles. The van der Waals surface area contributed by atoms with Gasteiger partial charge in [0, 0.05) is 24.3 Å². The third kappa shape index (κ3) is 5.57. The Hall–Kier alpha value is -2.86. The van der Waals surface area contributed by atoms with E-state index in [1.165, 1.54) is 5.56 Å². The van der Waals surface area contributed by atoms with Gasteiger partial charge in [0.05, 0.1) is 13.2 Å². The molecule has 2 aromatic rings. The first-order valence-electron chi connectivity index (χ1n) is 9.98. The summed E-state index contributed by atoms with van der Waals surface area (Å²) in [5, 5.41) is 2.83. The molecular weight excluding hydrogens is 368 g/mol. The second kappa shape index (κ2) is 9.56. The Morgan fingerprint density at radius 2 is 1.59 bits per heavy atom. The zero-order valence-electron chi connectivity index (χ0n) is 17.2. The third-order valence-electron chi connectivity index (χ3n) is 4.93. The van der Waals surface area contributed by atoms with Crippen LogP contribution in [0.4, 0.5) is 5.69 Å². The molecule has 0 bridgehead atoms. The van der Waals surface area contributed by atoms with E-state index in [1.54, 1.807) is 36.1 Å². The Labute approximate surface area is 171 Å². The number of rotatable bonds is 6. The predicted octanol–water partition coefficient (Wildman–Crippen LogP) is 3.69. The highest BCUT2D eigenvalue weighted by Crippen LogP contribution is 2.20. The van der Waals surface area contributed by atoms with E-state index in [0.717, 1.165) is 0 Å². The summed E-state index contributed by atoms with van der Waals surface area (Å²) in [6, 6.07) is 14.7. The van der Waals surface area contributed by atoms with Crippen molar-refractivity contribution < 1.29 is 19.1 Å². The lowest BCUT2D eigenvalue weighted by molar-refractivity contribution is -0.122. The van der Waals surface area contributed by atoms with Crippen molar-refractivity contribution in [1.29, 1.82) is 0 Å². The highest BCUT2D eigenvalue weighted by Gasteiger charge is 2.19. The van der Waals surface area contributed by atoms with E-state index in [4.69, 9.17) is 9.47 Å². The van der Waals surface area contributed by atoms with Gasteiger partial charge in [-0.25, -0.2) is 0 Å². The van der Waals surface area contributed by atoms with Crippen LogP contribution in [-0.2, 0) is 9.53 Å². The summed E-state index contributed by atoms with van der Waals surface area (Å²) >= 11 is 0. The van der Waals surface area contributed by atoms with Gasteiger partial charge in [0.25, 0.3) is 11.8 Å². The molecule has 154 valence electrons. The summed E-state index contributed by atoms with van der Waals surface area (Å²) in [7, 11) is 0. The summed E-state index contributed by atoms with van der Waals surface area (Å²) in [5.74, 6) is 0.837. The Balaban J connectivity index is 1.54. The number of amides is 2. The van der Waals surface area contributed by atoms with Crippen molar-refractivity contribution in [3.8, 4) is 5.75 Å². The average Bonchev–Trinajstić information content (AvgIpc) is 2.74. The van der Waals surface area contributed by atoms with Gasteiger partial charge in [-0.1, -0.05) is 26.0 Å². The first-order valence-corrected chi connectivity index (χ1v) is 9.98. The summed E-state index contributed by atoms with van der Waals surface area (Å²) in [4.78, 5) is 26.7. The summed E-state index contributed by atoms with van der Waals surface area (Å²) in [5.41, 5.74) is 2.44. The van der Waals surface area contributed by atoms with E-state index in [-0.39, 0.29) is 11.8 Å². The molecule has 0 aromatic heterocycles. The fourth-order valence-electron chi connectivity index (χ4n) is 3.08. The van der Waals surface area contributed by atoms with Crippen molar-refractivity contribution in [1.82, 2.24) is 4.90 Å². The molecule has 0 saturated carbocycles. The summed E-state index contributed by atoms with van der Waals surface area (Å²) < 4.78 is 11.0. The maximum atomic E-state index is 12.5. The SMILES string of the molecule is CC(C)c1ccc(O[C@H](C)C(=O)Nc2ccc(C(=O)N3CCOCC3)cc2)cc1. The Bertz CT molecular complexity index is 825. The van der Waals surface area contributed by atoms with Gasteiger partial charge in [-0.3, -0.25) is 9.59 Å². The third-order valence-corrected chi connectivity index (χ3v) is 4.93. The van der Waals surface area contributed by atoms with Crippen molar-refractivity contribution in [2.24, 2.45) is 0 Å². The molecule has 1 aliphatic rings. The number of carbonyl (C=O) groups is 2. The van der Waals surface area contributed by atoms with E-state index in [1.807, 2.05) is 24.3 Å². The first-order chi connectivity index (χ1) is 13.9. The molecule has 29 heavy (non-hydrogen) atoms. The van der Waals surface area contributed by atoms with E-state index < -0.39 is 6.10 Å². The highest BCUT2D eigenvalue weighted by atomic mass is 16.5. The van der Waals surface area contributed by atoms with E-state index >= 15 is 0 Å². The monoisotopic (exact) mass is 396 g/mol. The minimum absolute atomic E-state index is 0.0206. The van der Waals surface area contributed by atoms with Gasteiger partial charge in [-0.2, -0.15) is 0 Å². The Morgan fingerprint density at radius 1 is 0.966 bits per heavy atom. The molecule has 6 nitrogen and oxygen atoms in total. The Morgan fingerprint density at radius 3 is 2.17 bits per heavy atom. The normalized spacial score (nSPS) is 15.1. The van der Waals surface area contributed by atoms with Gasteiger partial charge in [-0.05, 0) is 54.8 Å². The topological polar surface area (TPSA) is 67.9 Å². The van der Waals surface area contributed by atoms with Crippen molar-refractivity contribution in [3.05, 3.63) is 59.7 Å². The quantitative estimate of drug-likeness (QED) is 0.809. The lowest BCUT2D eigenvalue weighted by Crippen LogP contribution is -2.40. The van der Waals surface area contributed by atoms with E-state index in [9.17, 15) is 9.59 Å². The minimum Gasteiger partial charge on any atom is -0.481 e. The number of benzene rings is 2. The van der Waals surface area contributed by atoms with Crippen LogP contribution in [0.3, 0.4) is 0 Å². The zero-order valence-corrected chi connectivity index (χ0v) is 17.2. The molecule has 0 unspecified atom stereocenters. The number of nitrogens with one attached hydrogen (secondary N) is 1. The fraction of sp³-hybridized carbons (Fsp3) is 0.391. The number of carbonyl (C=O) groups excluding carboxylic acids is 2. The highest BCUT2D eigenvalue weighted by molar-refractivity contribution is 5.96. The number of hydrogen-bond acceptors (Lipinski definition) is 4. The molecule has 3 rings (SSSR count). The van der Waals surface area contributed by atoms with Crippen molar-refractivity contribution in [2.75, 3.05) is 31.6 Å². The minimum atomic E-state index is -0.644. The zero-order chi connectivity index (χ0) is 20.8. The van der Waals surface area contributed by atoms with Gasteiger partial charge in [0.1, 0.15) is 5.75 Å². The van der Waals surface area contributed by atoms with Crippen LogP contribution < -0.4 is 10.1 Å². The van der Waals surface area contributed by atoms with Gasteiger partial charge < -0.3 is 19.7 Å². The standard InChI is InChI=1S/C23H28N2O4/c1-16(2)18-6-10-21(11-7-18)29-17(3)22(26)24-20-8-4-19(5-9-20)23(27)25-12-14-28-15-13-25/h4-11,16-17H,12-15H2,1-3H3,(H,24,26)/t17-/m1/s1. The molecule has 1 atom stereocenters. The van der Waals surface area contributed by atoms with Crippen molar-refractivity contribution in [2.45, 2.75) is 32.8 Å². The Kier molecular flexibility index (Phi) is 6.88. The maximum Gasteiger partial charge on any atom is 0.265 e. The summed E-state index contributed by atoms with van der Waals surface area (Å²) in [6.07, 6.45) is -0.644. The van der Waals surface area contributed by atoms with Gasteiger partial charge in [0.15, 0.2) is 6.10 Å². The number of nitrogens with zero attached hydrogens (tertiary/aromatic N) is 1. The lowest BCUT2D eigenvalue weighted by Gasteiger charge is -2.26. The van der Waals surface area contributed by atoms with Crippen LogP contribution in [0.25, 0.3) is 0 Å². The molecule has 1 N–H and O–H groups in total. The molecule has 0 spiro atoms. The van der Waals surface area contributed by atoms with Crippen molar-refractivity contribution >= 4 is 17.5 Å². The van der Waals surface area contributed by atoms with Gasteiger partial charge in [0.2, 0.25) is 0 Å². The molecule has 1 saturated heterocycles. The summed E-state index contributed by atoms with van der Waals surface area (Å²) in [6.45, 7) is 8.31. The second-order valence-electron chi connectivity index (χ2n) is 7.45. The maximum absolute atomic E-state index is 12.5. The lowest BCUT2D eigenvalue weighted by atomic mass is 10.0. The molecule has 1 aliphatic heterocycles. The molecule has 6 heteroatoms. The molecular formula is C23H28N2O4. The van der Waals surface area contributed by atoms with Crippen LogP contribution in [0, 0.1) is 0 Å². The van der Waals surface area contributed by atoms with Crippen LogP contribution in [-0.4, -0.2) is 49.1 Å². The van der Waals surface area contributed by atoms with Gasteiger partial charge >= 0.3 is 0 Å². The number of hydrogen-bond donors (Lipinski definition) is 1. The predicted molar refractivity (Wildman–Crippen MR) is 112 cm³/mol. The second-order valence-corrected chi connectivity index (χ2v) is 7.45. The van der Waals surface area contributed by atoms with Gasteiger partial charge in [-0.15, -0.1) is 0 Å². The number of anilines is 1. The average molecular weight is 396 g/mol. The molecule has 1 fully saturated rings. The van der Waals surface area contributed by atoms with E-state index in [2.05, 4.69) is 19.2 Å². The van der Waals surface area contributed by atoms with Crippen molar-refractivity contribution in [3.63, 3.8) is 0 Å². The number of morpholine rings is 1. The van der Waals surface area contributed by atoms with E-state index in [0.29, 0.717) is 49.2 Å². The van der Waals surface area contributed by atoms with Crippen LogP contribution in [0.2, 0.25) is 0 Å². The van der Waals surface area contributed by atoms with Crippen LogP contribution in [0.15, 0.2) is 48.5 Å². The molecule has 2 aromatic carbocycles. The largest absolute Gasteiger partial charge is 0.481 e. The first kappa shape index (κ1) is 20.9. The molecule has 0 radical (unpaired) electrons. The molecule has 0 aliphatic carbocycles. The van der Waals surface area contributed by atoms with Crippen LogP contribution in [0.5, 0.6) is 5.75 Å². The molecule has 2 amide bonds. The van der Waals surface area contributed by atoms with Crippen LogP contribution in [0.1, 0.15) is 42.6 Å².